The van der Waals surface area contributed by atoms with Gasteiger partial charge in [-0.1, -0.05) is 0 Å². The van der Waals surface area contributed by atoms with Gasteiger partial charge in [-0.25, -0.2) is 0 Å². The molecular weight excluding hydrogens is 354 g/mol. The van der Waals surface area contributed by atoms with Crippen LogP contribution in [-0.4, -0.2) is 36.3 Å². The first-order valence-electron chi connectivity index (χ1n) is 7.79. The number of anilines is 2. The zero-order valence-corrected chi connectivity index (χ0v) is 14.2. The van der Waals surface area contributed by atoms with Crippen LogP contribution in [0.25, 0.3) is 0 Å². The molecule has 11 nitrogen and oxygen atoms in total. The topological polar surface area (TPSA) is 137 Å². The normalized spacial score (nSPS) is 10.4. The number of carbonyl (C=O) groups excluding carboxylic acids is 2. The van der Waals surface area contributed by atoms with Crippen molar-refractivity contribution in [2.24, 2.45) is 7.05 Å². The average molecular weight is 369 g/mol. The Kier molecular flexibility index (Phi) is 4.92. The number of amides is 2. The summed E-state index contributed by atoms with van der Waals surface area (Å²) >= 11 is 0. The van der Waals surface area contributed by atoms with E-state index < -0.39 is 10.8 Å². The Balaban J connectivity index is 1.55. The minimum Gasteiger partial charge on any atom is -0.358 e. The fraction of sp³-hybridized carbons (Fsp3) is 0.125. The third kappa shape index (κ3) is 4.54. The number of benzene rings is 1. The molecule has 0 unspecified atom stereocenters. The number of carbonyl (C=O) groups is 2. The fourth-order valence-corrected chi connectivity index (χ4v) is 2.25. The fourth-order valence-electron chi connectivity index (χ4n) is 2.25. The van der Waals surface area contributed by atoms with Crippen molar-refractivity contribution in [2.75, 3.05) is 10.6 Å². The summed E-state index contributed by atoms with van der Waals surface area (Å²) in [5, 5.41) is 23.6. The van der Waals surface area contributed by atoms with Gasteiger partial charge in [0.05, 0.1) is 17.4 Å². The summed E-state index contributed by atoms with van der Waals surface area (Å²) in [5.41, 5.74) is 1.35. The summed E-state index contributed by atoms with van der Waals surface area (Å²) in [6.07, 6.45) is 3.02. The second kappa shape index (κ2) is 7.47. The molecule has 0 bridgehead atoms. The third-order valence-corrected chi connectivity index (χ3v) is 3.49. The maximum absolute atomic E-state index is 12.0. The van der Waals surface area contributed by atoms with E-state index >= 15 is 0 Å². The Hall–Kier alpha value is -4.02. The molecule has 3 rings (SSSR count). The number of rotatable bonds is 6. The van der Waals surface area contributed by atoms with Crippen LogP contribution in [0.15, 0.2) is 48.8 Å². The van der Waals surface area contributed by atoms with E-state index in [0.717, 1.165) is 0 Å². The van der Waals surface area contributed by atoms with E-state index in [1.807, 2.05) is 0 Å². The predicted molar refractivity (Wildman–Crippen MR) is 95.1 cm³/mol. The molecule has 0 aliphatic carbocycles. The molecule has 138 valence electrons. The second-order valence-corrected chi connectivity index (χ2v) is 5.58. The molecule has 27 heavy (non-hydrogen) atoms. The first kappa shape index (κ1) is 17.8. The van der Waals surface area contributed by atoms with Crippen LogP contribution in [0.5, 0.6) is 0 Å². The molecule has 0 atom stereocenters. The van der Waals surface area contributed by atoms with E-state index in [1.165, 1.54) is 21.6 Å². The number of aryl methyl sites for hydroxylation is 1. The molecular formula is C16H15N7O4. The molecule has 3 aromatic rings. The average Bonchev–Trinajstić information content (AvgIpc) is 3.26. The van der Waals surface area contributed by atoms with E-state index in [1.54, 1.807) is 43.6 Å². The molecule has 0 aliphatic rings. The van der Waals surface area contributed by atoms with Gasteiger partial charge in [0.2, 0.25) is 5.91 Å². The highest BCUT2D eigenvalue weighted by Crippen LogP contribution is 2.14. The Bertz CT molecular complexity index is 990. The molecule has 0 spiro atoms. The SMILES string of the molecule is Cn1ccc(C(=O)Nc2ccc(NC(=O)Cn3ccc([N+](=O)[O-])n3)cc2)n1. The van der Waals surface area contributed by atoms with Gasteiger partial charge in [0.1, 0.15) is 6.54 Å². The lowest BCUT2D eigenvalue weighted by molar-refractivity contribution is -0.389. The van der Waals surface area contributed by atoms with Crippen LogP contribution in [0.1, 0.15) is 10.5 Å². The molecule has 2 aromatic heterocycles. The zero-order valence-electron chi connectivity index (χ0n) is 14.2. The van der Waals surface area contributed by atoms with Gasteiger partial charge in [0.25, 0.3) is 5.91 Å². The quantitative estimate of drug-likeness (QED) is 0.498. The highest BCUT2D eigenvalue weighted by molar-refractivity contribution is 6.03. The van der Waals surface area contributed by atoms with Crippen molar-refractivity contribution in [1.82, 2.24) is 19.6 Å². The van der Waals surface area contributed by atoms with E-state index in [2.05, 4.69) is 20.8 Å². The predicted octanol–water partition coefficient (Wildman–Crippen LogP) is 1.42. The van der Waals surface area contributed by atoms with Gasteiger partial charge < -0.3 is 20.7 Å². The Morgan fingerprint density at radius 3 is 2.26 bits per heavy atom. The van der Waals surface area contributed by atoms with E-state index in [-0.39, 0.29) is 18.3 Å². The largest absolute Gasteiger partial charge is 0.389 e. The van der Waals surface area contributed by atoms with Gasteiger partial charge >= 0.3 is 5.82 Å². The smallest absolute Gasteiger partial charge is 0.358 e. The lowest BCUT2D eigenvalue weighted by atomic mass is 10.2. The Morgan fingerprint density at radius 1 is 1.04 bits per heavy atom. The molecule has 0 fully saturated rings. The molecule has 1 aromatic carbocycles. The van der Waals surface area contributed by atoms with Crippen molar-refractivity contribution >= 4 is 29.0 Å². The van der Waals surface area contributed by atoms with Gasteiger partial charge in [0.15, 0.2) is 5.69 Å². The summed E-state index contributed by atoms with van der Waals surface area (Å²) in [4.78, 5) is 34.0. The van der Waals surface area contributed by atoms with Crippen molar-refractivity contribution in [1.29, 1.82) is 0 Å². The monoisotopic (exact) mass is 369 g/mol. The van der Waals surface area contributed by atoms with Crippen molar-refractivity contribution < 1.29 is 14.5 Å². The van der Waals surface area contributed by atoms with E-state index in [9.17, 15) is 19.7 Å². The maximum Gasteiger partial charge on any atom is 0.389 e. The van der Waals surface area contributed by atoms with Crippen molar-refractivity contribution in [3.8, 4) is 0 Å². The number of nitro groups is 1. The van der Waals surface area contributed by atoms with Crippen LogP contribution in [-0.2, 0) is 18.4 Å². The van der Waals surface area contributed by atoms with Crippen LogP contribution in [0.3, 0.4) is 0 Å². The van der Waals surface area contributed by atoms with Crippen LogP contribution < -0.4 is 10.6 Å². The summed E-state index contributed by atoms with van der Waals surface area (Å²) in [6, 6.07) is 9.33. The Morgan fingerprint density at radius 2 is 1.70 bits per heavy atom. The van der Waals surface area contributed by atoms with E-state index in [0.29, 0.717) is 17.1 Å². The van der Waals surface area contributed by atoms with Gasteiger partial charge in [-0.15, -0.1) is 0 Å². The molecule has 0 radical (unpaired) electrons. The maximum atomic E-state index is 12.0. The van der Waals surface area contributed by atoms with Crippen LogP contribution in [0.2, 0.25) is 0 Å². The molecule has 0 aliphatic heterocycles. The summed E-state index contributed by atoms with van der Waals surface area (Å²) in [7, 11) is 1.72. The van der Waals surface area contributed by atoms with Crippen molar-refractivity contribution in [3.05, 3.63) is 64.6 Å². The zero-order chi connectivity index (χ0) is 19.4. The van der Waals surface area contributed by atoms with Gasteiger partial charge in [-0.2, -0.15) is 9.78 Å². The van der Waals surface area contributed by atoms with Crippen LogP contribution in [0, 0.1) is 10.1 Å². The van der Waals surface area contributed by atoms with Gasteiger partial charge in [-0.05, 0) is 35.3 Å². The summed E-state index contributed by atoms with van der Waals surface area (Å²) in [6.45, 7) is -0.161. The third-order valence-electron chi connectivity index (χ3n) is 3.49. The number of hydrogen-bond acceptors (Lipinski definition) is 6. The Labute approximate surface area is 152 Å². The highest BCUT2D eigenvalue weighted by atomic mass is 16.6. The lowest BCUT2D eigenvalue weighted by Crippen LogP contribution is -2.19. The van der Waals surface area contributed by atoms with Gasteiger partial charge in [-0.3, -0.25) is 14.3 Å². The summed E-state index contributed by atoms with van der Waals surface area (Å²) < 4.78 is 2.71. The van der Waals surface area contributed by atoms with Crippen LogP contribution in [0.4, 0.5) is 17.2 Å². The van der Waals surface area contributed by atoms with Crippen molar-refractivity contribution in [2.45, 2.75) is 6.54 Å². The number of hydrogen-bond donors (Lipinski definition) is 2. The minimum absolute atomic E-state index is 0.161. The standard InChI is InChI=1S/C16H15N7O4/c1-21-8-6-13(19-21)16(25)18-12-4-2-11(3-5-12)17-15(24)10-22-9-7-14(20-22)23(26)27/h2-9H,10H2,1H3,(H,17,24)(H,18,25). The molecule has 0 saturated carbocycles. The highest BCUT2D eigenvalue weighted by Gasteiger charge is 2.14. The lowest BCUT2D eigenvalue weighted by Gasteiger charge is -2.07. The first-order chi connectivity index (χ1) is 12.9. The molecule has 2 amide bonds. The molecule has 0 saturated heterocycles. The number of aromatic nitrogens is 4. The number of nitrogens with zero attached hydrogens (tertiary/aromatic N) is 5. The van der Waals surface area contributed by atoms with E-state index in [4.69, 9.17) is 0 Å². The first-order valence-corrected chi connectivity index (χ1v) is 7.79. The molecule has 11 heteroatoms. The van der Waals surface area contributed by atoms with Gasteiger partial charge in [0, 0.05) is 24.6 Å². The summed E-state index contributed by atoms with van der Waals surface area (Å²) in [5.74, 6) is -1.05. The molecule has 2 N–H and O–H groups in total. The van der Waals surface area contributed by atoms with Crippen LogP contribution >= 0.6 is 0 Å². The second-order valence-electron chi connectivity index (χ2n) is 5.58. The van der Waals surface area contributed by atoms with Crippen molar-refractivity contribution in [3.63, 3.8) is 0 Å². The molecule has 2 heterocycles. The minimum atomic E-state index is -0.633. The number of nitrogens with one attached hydrogen (secondary N) is 2.